The van der Waals surface area contributed by atoms with Gasteiger partial charge in [-0.05, 0) is 17.7 Å². The van der Waals surface area contributed by atoms with Crippen molar-refractivity contribution in [2.45, 2.75) is 6.42 Å². The van der Waals surface area contributed by atoms with E-state index in [0.717, 1.165) is 4.90 Å². The zero-order valence-corrected chi connectivity index (χ0v) is 9.67. The Morgan fingerprint density at radius 2 is 2.11 bits per heavy atom. The predicted octanol–water partition coefficient (Wildman–Crippen LogP) is 0.481. The standard InChI is InChI=1S/C13H13NO4/c1-2-6-14(9-13(17)18)12(16)8-10-4-3-5-11(15)7-10/h1,3-5,7,15H,6,8-9H2,(H,17,18). The van der Waals surface area contributed by atoms with E-state index in [1.54, 1.807) is 12.1 Å². The van der Waals surface area contributed by atoms with E-state index in [4.69, 9.17) is 11.5 Å². The second-order valence-electron chi connectivity index (χ2n) is 3.69. The molecule has 0 aliphatic rings. The molecule has 0 fully saturated rings. The van der Waals surface area contributed by atoms with Gasteiger partial charge in [0.05, 0.1) is 13.0 Å². The highest BCUT2D eigenvalue weighted by molar-refractivity contribution is 5.83. The molecule has 18 heavy (non-hydrogen) atoms. The van der Waals surface area contributed by atoms with Crippen molar-refractivity contribution >= 4 is 11.9 Å². The number of rotatable bonds is 5. The van der Waals surface area contributed by atoms with Crippen LogP contribution in [0.4, 0.5) is 0 Å². The molecule has 0 unspecified atom stereocenters. The highest BCUT2D eigenvalue weighted by atomic mass is 16.4. The lowest BCUT2D eigenvalue weighted by molar-refractivity contribution is -0.143. The van der Waals surface area contributed by atoms with Crippen molar-refractivity contribution in [1.29, 1.82) is 0 Å². The smallest absolute Gasteiger partial charge is 0.323 e. The molecule has 1 rings (SSSR count). The summed E-state index contributed by atoms with van der Waals surface area (Å²) in [5.74, 6) is 0.797. The average Bonchev–Trinajstić information content (AvgIpc) is 2.27. The zero-order valence-electron chi connectivity index (χ0n) is 9.67. The van der Waals surface area contributed by atoms with Gasteiger partial charge >= 0.3 is 5.97 Å². The SMILES string of the molecule is C#CCN(CC(=O)O)C(=O)Cc1cccc(O)c1. The Labute approximate surface area is 105 Å². The van der Waals surface area contributed by atoms with Gasteiger partial charge in [0.2, 0.25) is 5.91 Å². The normalized spacial score (nSPS) is 9.50. The molecule has 94 valence electrons. The Morgan fingerprint density at radius 3 is 2.67 bits per heavy atom. The van der Waals surface area contributed by atoms with Gasteiger partial charge in [0.1, 0.15) is 12.3 Å². The molecular formula is C13H13NO4. The van der Waals surface area contributed by atoms with Crippen LogP contribution in [0.1, 0.15) is 5.56 Å². The maximum atomic E-state index is 11.8. The number of nitrogens with zero attached hydrogens (tertiary/aromatic N) is 1. The quantitative estimate of drug-likeness (QED) is 0.742. The lowest BCUT2D eigenvalue weighted by Gasteiger charge is -2.17. The number of hydrogen-bond donors (Lipinski definition) is 2. The van der Waals surface area contributed by atoms with Crippen LogP contribution >= 0.6 is 0 Å². The van der Waals surface area contributed by atoms with Crippen LogP contribution < -0.4 is 0 Å². The molecule has 0 atom stereocenters. The van der Waals surface area contributed by atoms with E-state index in [1.165, 1.54) is 12.1 Å². The van der Waals surface area contributed by atoms with E-state index < -0.39 is 12.5 Å². The molecule has 0 radical (unpaired) electrons. The Kier molecular flexibility index (Phi) is 4.76. The molecule has 0 aromatic heterocycles. The number of terminal acetylenes is 1. The van der Waals surface area contributed by atoms with Crippen LogP contribution in [0, 0.1) is 12.3 Å². The first-order chi connectivity index (χ1) is 8.52. The van der Waals surface area contributed by atoms with Crippen LogP contribution in [0.3, 0.4) is 0 Å². The minimum absolute atomic E-state index is 0.00333. The summed E-state index contributed by atoms with van der Waals surface area (Å²) in [5.41, 5.74) is 0.604. The summed E-state index contributed by atoms with van der Waals surface area (Å²) in [6.07, 6.45) is 5.09. The number of carboxylic acids is 1. The fourth-order valence-electron chi connectivity index (χ4n) is 1.46. The third kappa shape index (κ3) is 4.18. The van der Waals surface area contributed by atoms with Gasteiger partial charge in [-0.3, -0.25) is 9.59 Å². The van der Waals surface area contributed by atoms with Crippen molar-refractivity contribution in [1.82, 2.24) is 4.90 Å². The van der Waals surface area contributed by atoms with E-state index in [2.05, 4.69) is 5.92 Å². The van der Waals surface area contributed by atoms with Gasteiger partial charge in [-0.2, -0.15) is 0 Å². The predicted molar refractivity (Wildman–Crippen MR) is 64.9 cm³/mol. The number of phenolic OH excluding ortho intramolecular Hbond substituents is 1. The molecular weight excluding hydrogens is 234 g/mol. The van der Waals surface area contributed by atoms with E-state index in [1.807, 2.05) is 0 Å². The number of carbonyl (C=O) groups excluding carboxylic acids is 1. The van der Waals surface area contributed by atoms with Gasteiger partial charge in [0, 0.05) is 0 Å². The average molecular weight is 247 g/mol. The number of carbonyl (C=O) groups is 2. The van der Waals surface area contributed by atoms with Gasteiger partial charge in [0.25, 0.3) is 0 Å². The topological polar surface area (TPSA) is 77.8 Å². The molecule has 2 N–H and O–H groups in total. The monoisotopic (exact) mass is 247 g/mol. The molecule has 0 saturated carbocycles. The molecule has 1 aromatic carbocycles. The molecule has 0 saturated heterocycles. The van der Waals surface area contributed by atoms with Crippen LogP contribution in [-0.4, -0.2) is 40.1 Å². The lowest BCUT2D eigenvalue weighted by atomic mass is 10.1. The van der Waals surface area contributed by atoms with Gasteiger partial charge in [-0.15, -0.1) is 6.42 Å². The number of carboxylic acid groups (broad SMARTS) is 1. The molecule has 5 heteroatoms. The Bertz CT molecular complexity index is 490. The molecule has 0 aliphatic heterocycles. The van der Waals surface area contributed by atoms with Crippen LogP contribution in [0.2, 0.25) is 0 Å². The lowest BCUT2D eigenvalue weighted by Crippen LogP contribution is -2.36. The number of amides is 1. The molecule has 5 nitrogen and oxygen atoms in total. The van der Waals surface area contributed by atoms with E-state index >= 15 is 0 Å². The Morgan fingerprint density at radius 1 is 1.39 bits per heavy atom. The van der Waals surface area contributed by atoms with Crippen molar-refractivity contribution in [3.8, 4) is 18.1 Å². The first-order valence-corrected chi connectivity index (χ1v) is 5.24. The maximum absolute atomic E-state index is 11.8. The van der Waals surface area contributed by atoms with Crippen molar-refractivity contribution in [2.24, 2.45) is 0 Å². The second kappa shape index (κ2) is 6.30. The first-order valence-electron chi connectivity index (χ1n) is 5.24. The van der Waals surface area contributed by atoms with Crippen LogP contribution in [0.25, 0.3) is 0 Å². The summed E-state index contributed by atoms with van der Waals surface area (Å²) in [4.78, 5) is 23.5. The van der Waals surface area contributed by atoms with Gasteiger partial charge in [0.15, 0.2) is 0 Å². The molecule has 1 amide bonds. The summed E-state index contributed by atoms with van der Waals surface area (Å²) in [5, 5.41) is 17.9. The number of hydrogen-bond acceptors (Lipinski definition) is 3. The third-order valence-electron chi connectivity index (χ3n) is 2.23. The Balaban J connectivity index is 2.72. The number of aliphatic carboxylic acids is 1. The minimum atomic E-state index is -1.12. The number of benzene rings is 1. The molecule has 1 aromatic rings. The fourth-order valence-corrected chi connectivity index (χ4v) is 1.46. The van der Waals surface area contributed by atoms with Gasteiger partial charge in [-0.1, -0.05) is 18.1 Å². The van der Waals surface area contributed by atoms with Crippen molar-refractivity contribution < 1.29 is 19.8 Å². The molecule has 0 spiro atoms. The van der Waals surface area contributed by atoms with E-state index in [9.17, 15) is 14.7 Å². The summed E-state index contributed by atoms with van der Waals surface area (Å²) in [7, 11) is 0. The van der Waals surface area contributed by atoms with E-state index in [-0.39, 0.29) is 24.6 Å². The molecule has 0 heterocycles. The first kappa shape index (κ1) is 13.6. The minimum Gasteiger partial charge on any atom is -0.508 e. The molecule has 0 aliphatic carbocycles. The second-order valence-corrected chi connectivity index (χ2v) is 3.69. The number of phenols is 1. The van der Waals surface area contributed by atoms with Crippen molar-refractivity contribution in [3.63, 3.8) is 0 Å². The zero-order chi connectivity index (χ0) is 13.5. The van der Waals surface area contributed by atoms with Crippen LogP contribution in [-0.2, 0) is 16.0 Å². The van der Waals surface area contributed by atoms with Crippen molar-refractivity contribution in [3.05, 3.63) is 29.8 Å². The highest BCUT2D eigenvalue weighted by Gasteiger charge is 2.16. The maximum Gasteiger partial charge on any atom is 0.323 e. The summed E-state index contributed by atoms with van der Waals surface area (Å²) in [6, 6.07) is 6.23. The largest absolute Gasteiger partial charge is 0.508 e. The third-order valence-corrected chi connectivity index (χ3v) is 2.23. The Hall–Kier alpha value is -2.48. The van der Waals surface area contributed by atoms with Crippen LogP contribution in [0.15, 0.2) is 24.3 Å². The van der Waals surface area contributed by atoms with Crippen LogP contribution in [0.5, 0.6) is 5.75 Å². The molecule has 0 bridgehead atoms. The van der Waals surface area contributed by atoms with Gasteiger partial charge in [-0.25, -0.2) is 0 Å². The summed E-state index contributed by atoms with van der Waals surface area (Å²) >= 11 is 0. The summed E-state index contributed by atoms with van der Waals surface area (Å²) < 4.78 is 0. The summed E-state index contributed by atoms with van der Waals surface area (Å²) in [6.45, 7) is -0.480. The van der Waals surface area contributed by atoms with Crippen molar-refractivity contribution in [2.75, 3.05) is 13.1 Å². The van der Waals surface area contributed by atoms with Gasteiger partial charge < -0.3 is 15.1 Å². The number of aromatic hydroxyl groups is 1. The highest BCUT2D eigenvalue weighted by Crippen LogP contribution is 2.12. The fraction of sp³-hybridized carbons (Fsp3) is 0.231. The van der Waals surface area contributed by atoms with E-state index in [0.29, 0.717) is 5.56 Å².